The van der Waals surface area contributed by atoms with Gasteiger partial charge in [0.1, 0.15) is 0 Å². The second-order valence-electron chi connectivity index (χ2n) is 4.19. The lowest BCUT2D eigenvalue weighted by Crippen LogP contribution is -2.32. The van der Waals surface area contributed by atoms with Crippen molar-refractivity contribution in [3.8, 4) is 0 Å². The van der Waals surface area contributed by atoms with Crippen LogP contribution in [0.1, 0.15) is 18.4 Å². The molecule has 1 N–H and O–H groups in total. The molecule has 3 nitrogen and oxygen atoms in total. The number of nitrogens with one attached hydrogen (secondary N) is 1. The minimum absolute atomic E-state index is 0.181. The number of rotatable bonds is 8. The minimum atomic E-state index is -0.181. The summed E-state index contributed by atoms with van der Waals surface area (Å²) < 4.78 is 4.61. The van der Waals surface area contributed by atoms with Gasteiger partial charge in [-0.05, 0) is 18.4 Å². The standard InChI is InChI=1S/C15H21NO2/c1-3-7-14(16-11-10-15(17)18-2)12-13-8-5-4-6-9-13/h3-6,8-9,14,16H,1,7,10-12H2,2H3/t14-/m1/s1. The van der Waals surface area contributed by atoms with E-state index in [2.05, 4.69) is 28.8 Å². The molecule has 1 atom stereocenters. The third kappa shape index (κ3) is 5.64. The van der Waals surface area contributed by atoms with Crippen molar-refractivity contribution in [1.29, 1.82) is 0 Å². The Kier molecular flexibility index (Phi) is 6.81. The van der Waals surface area contributed by atoms with E-state index in [0.29, 0.717) is 19.0 Å². The molecule has 1 aromatic rings. The van der Waals surface area contributed by atoms with E-state index in [9.17, 15) is 4.79 Å². The summed E-state index contributed by atoms with van der Waals surface area (Å²) in [7, 11) is 1.41. The highest BCUT2D eigenvalue weighted by molar-refractivity contribution is 5.69. The summed E-state index contributed by atoms with van der Waals surface area (Å²) in [5.74, 6) is -0.181. The van der Waals surface area contributed by atoms with E-state index in [4.69, 9.17) is 0 Å². The fraction of sp³-hybridized carbons (Fsp3) is 0.400. The van der Waals surface area contributed by atoms with Crippen molar-refractivity contribution >= 4 is 5.97 Å². The third-order valence-electron chi connectivity index (χ3n) is 2.77. The molecule has 0 aliphatic heterocycles. The van der Waals surface area contributed by atoms with Gasteiger partial charge in [0.25, 0.3) is 0 Å². The van der Waals surface area contributed by atoms with Gasteiger partial charge in [-0.2, -0.15) is 0 Å². The Morgan fingerprint density at radius 3 is 2.78 bits per heavy atom. The van der Waals surface area contributed by atoms with Crippen LogP contribution in [-0.4, -0.2) is 25.7 Å². The van der Waals surface area contributed by atoms with Crippen molar-refractivity contribution in [3.05, 3.63) is 48.6 Å². The van der Waals surface area contributed by atoms with Crippen molar-refractivity contribution in [3.63, 3.8) is 0 Å². The molecule has 0 aromatic heterocycles. The molecule has 0 aliphatic rings. The highest BCUT2D eigenvalue weighted by Crippen LogP contribution is 2.06. The molecule has 0 fully saturated rings. The van der Waals surface area contributed by atoms with E-state index in [-0.39, 0.29) is 5.97 Å². The first kappa shape index (κ1) is 14.5. The average Bonchev–Trinajstić information content (AvgIpc) is 2.40. The molecule has 0 unspecified atom stereocenters. The molecule has 1 rings (SSSR count). The first-order valence-electron chi connectivity index (χ1n) is 6.21. The van der Waals surface area contributed by atoms with Crippen LogP contribution in [0, 0.1) is 0 Å². The first-order chi connectivity index (χ1) is 8.76. The molecule has 0 radical (unpaired) electrons. The van der Waals surface area contributed by atoms with Crippen molar-refractivity contribution in [2.75, 3.05) is 13.7 Å². The molecule has 18 heavy (non-hydrogen) atoms. The van der Waals surface area contributed by atoms with Crippen LogP contribution in [0.5, 0.6) is 0 Å². The van der Waals surface area contributed by atoms with Crippen LogP contribution >= 0.6 is 0 Å². The Morgan fingerprint density at radius 2 is 2.17 bits per heavy atom. The van der Waals surface area contributed by atoms with E-state index in [1.165, 1.54) is 12.7 Å². The molecule has 98 valence electrons. The minimum Gasteiger partial charge on any atom is -0.469 e. The third-order valence-corrected chi connectivity index (χ3v) is 2.77. The maximum atomic E-state index is 11.0. The van der Waals surface area contributed by atoms with Gasteiger partial charge in [-0.3, -0.25) is 4.79 Å². The van der Waals surface area contributed by atoms with Crippen LogP contribution in [-0.2, 0) is 16.0 Å². The number of hydrogen-bond donors (Lipinski definition) is 1. The molecular formula is C15H21NO2. The molecule has 0 heterocycles. The van der Waals surface area contributed by atoms with Gasteiger partial charge in [-0.1, -0.05) is 36.4 Å². The monoisotopic (exact) mass is 247 g/mol. The van der Waals surface area contributed by atoms with E-state index in [1.807, 2.05) is 24.3 Å². The van der Waals surface area contributed by atoms with Crippen molar-refractivity contribution in [1.82, 2.24) is 5.32 Å². The maximum Gasteiger partial charge on any atom is 0.306 e. The highest BCUT2D eigenvalue weighted by Gasteiger charge is 2.08. The summed E-state index contributed by atoms with van der Waals surface area (Å²) >= 11 is 0. The summed E-state index contributed by atoms with van der Waals surface area (Å²) in [5.41, 5.74) is 1.29. The van der Waals surface area contributed by atoms with Crippen molar-refractivity contribution in [2.24, 2.45) is 0 Å². The fourth-order valence-corrected chi connectivity index (χ4v) is 1.82. The van der Waals surface area contributed by atoms with Gasteiger partial charge < -0.3 is 10.1 Å². The number of hydrogen-bond acceptors (Lipinski definition) is 3. The van der Waals surface area contributed by atoms with Gasteiger partial charge in [-0.15, -0.1) is 6.58 Å². The van der Waals surface area contributed by atoms with Gasteiger partial charge in [0.15, 0.2) is 0 Å². The molecule has 0 aliphatic carbocycles. The lowest BCUT2D eigenvalue weighted by Gasteiger charge is -2.17. The summed E-state index contributed by atoms with van der Waals surface area (Å²) in [4.78, 5) is 11.0. The zero-order valence-electron chi connectivity index (χ0n) is 10.9. The molecule has 0 bridgehead atoms. The van der Waals surface area contributed by atoms with E-state index < -0.39 is 0 Å². The van der Waals surface area contributed by atoms with E-state index in [1.54, 1.807) is 0 Å². The van der Waals surface area contributed by atoms with Gasteiger partial charge >= 0.3 is 5.97 Å². The Hall–Kier alpha value is -1.61. The van der Waals surface area contributed by atoms with Gasteiger partial charge in [0.05, 0.1) is 13.5 Å². The summed E-state index contributed by atoms with van der Waals surface area (Å²) in [6, 6.07) is 10.6. The lowest BCUT2D eigenvalue weighted by atomic mass is 10.0. The molecular weight excluding hydrogens is 226 g/mol. The second-order valence-corrected chi connectivity index (χ2v) is 4.19. The number of benzene rings is 1. The van der Waals surface area contributed by atoms with Gasteiger partial charge in [0.2, 0.25) is 0 Å². The highest BCUT2D eigenvalue weighted by atomic mass is 16.5. The van der Waals surface area contributed by atoms with Gasteiger partial charge in [0, 0.05) is 12.6 Å². The summed E-state index contributed by atoms with van der Waals surface area (Å²) in [6.07, 6.45) is 4.13. The maximum absolute atomic E-state index is 11.0. The van der Waals surface area contributed by atoms with Crippen molar-refractivity contribution < 1.29 is 9.53 Å². The van der Waals surface area contributed by atoms with Crippen molar-refractivity contribution in [2.45, 2.75) is 25.3 Å². The fourth-order valence-electron chi connectivity index (χ4n) is 1.82. The molecule has 1 aromatic carbocycles. The van der Waals surface area contributed by atoms with E-state index >= 15 is 0 Å². The number of methoxy groups -OCH3 is 1. The molecule has 0 saturated carbocycles. The second kappa shape index (κ2) is 8.48. The predicted octanol–water partition coefficient (Wildman–Crippen LogP) is 2.33. The largest absolute Gasteiger partial charge is 0.469 e. The zero-order valence-corrected chi connectivity index (χ0v) is 10.9. The van der Waals surface area contributed by atoms with Crippen LogP contribution in [0.25, 0.3) is 0 Å². The number of carbonyl (C=O) groups excluding carboxylic acids is 1. The van der Waals surface area contributed by atoms with Crippen LogP contribution in [0.15, 0.2) is 43.0 Å². The number of carbonyl (C=O) groups is 1. The first-order valence-corrected chi connectivity index (χ1v) is 6.21. The quantitative estimate of drug-likeness (QED) is 0.566. The molecule has 3 heteroatoms. The summed E-state index contributed by atoms with van der Waals surface area (Å²) in [6.45, 7) is 4.41. The lowest BCUT2D eigenvalue weighted by molar-refractivity contribution is -0.140. The van der Waals surface area contributed by atoms with Crippen LogP contribution in [0.3, 0.4) is 0 Å². The number of ether oxygens (including phenoxy) is 1. The Morgan fingerprint density at radius 1 is 1.44 bits per heavy atom. The predicted molar refractivity (Wildman–Crippen MR) is 73.4 cm³/mol. The van der Waals surface area contributed by atoms with Crippen LogP contribution < -0.4 is 5.32 Å². The average molecular weight is 247 g/mol. The number of esters is 1. The SMILES string of the molecule is C=CC[C@H](Cc1ccccc1)NCCC(=O)OC. The Labute approximate surface area is 109 Å². The van der Waals surface area contributed by atoms with Gasteiger partial charge in [-0.25, -0.2) is 0 Å². The normalized spacial score (nSPS) is 11.8. The Bertz CT molecular complexity index is 362. The molecule has 0 spiro atoms. The zero-order chi connectivity index (χ0) is 13.2. The Balaban J connectivity index is 2.40. The molecule has 0 amide bonds. The van der Waals surface area contributed by atoms with Crippen LogP contribution in [0.4, 0.5) is 0 Å². The topological polar surface area (TPSA) is 38.3 Å². The van der Waals surface area contributed by atoms with E-state index in [0.717, 1.165) is 12.8 Å². The van der Waals surface area contributed by atoms with Crippen LogP contribution in [0.2, 0.25) is 0 Å². The summed E-state index contributed by atoms with van der Waals surface area (Å²) in [5, 5.41) is 3.36. The smallest absolute Gasteiger partial charge is 0.306 e. The molecule has 0 saturated heterocycles.